The van der Waals surface area contributed by atoms with Crippen LogP contribution in [0, 0.1) is 17.7 Å². The number of nitrogens with zero attached hydrogens (tertiary/aromatic N) is 1. The van der Waals surface area contributed by atoms with Crippen molar-refractivity contribution >= 4 is 23.5 Å². The normalized spacial score (nSPS) is 20.5. The van der Waals surface area contributed by atoms with Crippen LogP contribution in [-0.4, -0.2) is 35.0 Å². The molecule has 0 radical (unpaired) electrons. The number of hydrogen-bond acceptors (Lipinski definition) is 2. The van der Waals surface area contributed by atoms with Gasteiger partial charge in [-0.2, -0.15) is 0 Å². The number of carbonyl (C=O) groups excluding carboxylic acids is 1. The Balaban J connectivity index is 1.73. The third kappa shape index (κ3) is 4.48. The molecular formula is C21H21ClFNO3. The van der Waals surface area contributed by atoms with Crippen LogP contribution >= 0.6 is 11.6 Å². The molecule has 1 unspecified atom stereocenters. The summed E-state index contributed by atoms with van der Waals surface area (Å²) in [6.45, 7) is 2.32. The number of carboxylic acids is 1. The second-order valence-electron chi connectivity index (χ2n) is 7.08. The van der Waals surface area contributed by atoms with Gasteiger partial charge in [0, 0.05) is 29.9 Å². The lowest BCUT2D eigenvalue weighted by Gasteiger charge is -2.21. The van der Waals surface area contributed by atoms with Gasteiger partial charge in [0.05, 0.1) is 5.92 Å². The fourth-order valence-corrected chi connectivity index (χ4v) is 3.82. The van der Waals surface area contributed by atoms with Crippen molar-refractivity contribution in [1.29, 1.82) is 0 Å². The molecule has 0 saturated carbocycles. The van der Waals surface area contributed by atoms with Crippen LogP contribution < -0.4 is 0 Å². The van der Waals surface area contributed by atoms with E-state index in [0.717, 1.165) is 11.1 Å². The molecule has 6 heteroatoms. The van der Waals surface area contributed by atoms with E-state index in [1.165, 1.54) is 12.1 Å². The van der Waals surface area contributed by atoms with Crippen LogP contribution in [0.3, 0.4) is 0 Å². The maximum Gasteiger partial charge on any atom is 0.308 e. The fraction of sp³-hybridized carbons (Fsp3) is 0.333. The minimum atomic E-state index is -0.914. The molecule has 3 atom stereocenters. The van der Waals surface area contributed by atoms with Crippen LogP contribution in [0.2, 0.25) is 5.02 Å². The van der Waals surface area contributed by atoms with Crippen molar-refractivity contribution < 1.29 is 19.1 Å². The summed E-state index contributed by atoms with van der Waals surface area (Å²) in [7, 11) is 0. The van der Waals surface area contributed by atoms with Crippen molar-refractivity contribution in [3.8, 4) is 0 Å². The number of halogens is 2. The van der Waals surface area contributed by atoms with Crippen molar-refractivity contribution in [2.45, 2.75) is 19.3 Å². The average molecular weight is 390 g/mol. The third-order valence-electron chi connectivity index (χ3n) is 5.10. The van der Waals surface area contributed by atoms with Crippen LogP contribution in [0.15, 0.2) is 48.5 Å². The first-order valence-electron chi connectivity index (χ1n) is 8.86. The molecule has 0 spiro atoms. The summed E-state index contributed by atoms with van der Waals surface area (Å²) in [5.74, 6) is -2.64. The van der Waals surface area contributed by atoms with E-state index in [0.29, 0.717) is 18.0 Å². The van der Waals surface area contributed by atoms with E-state index >= 15 is 0 Å². The molecule has 2 aromatic rings. The molecule has 1 saturated heterocycles. The Morgan fingerprint density at radius 1 is 1.22 bits per heavy atom. The summed E-state index contributed by atoms with van der Waals surface area (Å²) in [6, 6.07) is 13.3. The molecule has 27 heavy (non-hydrogen) atoms. The Bertz CT molecular complexity index is 840. The smallest absolute Gasteiger partial charge is 0.308 e. The summed E-state index contributed by atoms with van der Waals surface area (Å²) in [6.07, 6.45) is 0.413. The Morgan fingerprint density at radius 3 is 2.56 bits per heavy atom. The van der Waals surface area contributed by atoms with E-state index in [2.05, 4.69) is 0 Å². The third-order valence-corrected chi connectivity index (χ3v) is 5.35. The molecule has 0 bridgehead atoms. The molecule has 4 nitrogen and oxygen atoms in total. The zero-order chi connectivity index (χ0) is 19.6. The number of amides is 1. The minimum Gasteiger partial charge on any atom is -0.481 e. The second-order valence-corrected chi connectivity index (χ2v) is 7.52. The first-order chi connectivity index (χ1) is 12.8. The quantitative estimate of drug-likeness (QED) is 0.841. The van der Waals surface area contributed by atoms with Gasteiger partial charge >= 0.3 is 5.97 Å². The molecule has 0 aromatic heterocycles. The number of benzene rings is 2. The van der Waals surface area contributed by atoms with Crippen molar-refractivity contribution in [3.05, 3.63) is 70.5 Å². The van der Waals surface area contributed by atoms with Gasteiger partial charge in [0.1, 0.15) is 5.82 Å². The molecule has 1 heterocycles. The summed E-state index contributed by atoms with van der Waals surface area (Å²) in [4.78, 5) is 26.2. The zero-order valence-corrected chi connectivity index (χ0v) is 15.7. The van der Waals surface area contributed by atoms with E-state index in [9.17, 15) is 19.1 Å². The van der Waals surface area contributed by atoms with Crippen molar-refractivity contribution in [3.63, 3.8) is 0 Å². The lowest BCUT2D eigenvalue weighted by Crippen LogP contribution is -2.35. The van der Waals surface area contributed by atoms with Crippen LogP contribution in [0.25, 0.3) is 0 Å². The molecule has 1 aliphatic heterocycles. The highest BCUT2D eigenvalue weighted by molar-refractivity contribution is 6.30. The number of carbonyl (C=O) groups is 2. The first-order valence-corrected chi connectivity index (χ1v) is 9.24. The molecule has 1 fully saturated rings. The van der Waals surface area contributed by atoms with E-state index in [1.807, 2.05) is 12.1 Å². The van der Waals surface area contributed by atoms with Crippen LogP contribution in [0.4, 0.5) is 4.39 Å². The van der Waals surface area contributed by atoms with Crippen LogP contribution in [-0.2, 0) is 16.0 Å². The van der Waals surface area contributed by atoms with Crippen molar-refractivity contribution in [2.75, 3.05) is 13.1 Å². The van der Waals surface area contributed by atoms with Gasteiger partial charge in [0.25, 0.3) is 0 Å². The predicted octanol–water partition coefficient (Wildman–Crippen LogP) is 3.98. The highest BCUT2D eigenvalue weighted by Crippen LogP contribution is 2.34. The standard InChI is InChI=1S/C21H21ClFNO3/c1-13(9-14-3-2-4-17(23)10-14)20(25)24-11-18(19(12-24)21(26)27)15-5-7-16(22)8-6-15/h2-8,10,13,18-19H,9,11-12H2,1H3,(H,26,27)/t13?,18-,19+/m0/s1. The fourth-order valence-electron chi connectivity index (χ4n) is 3.70. The molecule has 1 aliphatic rings. The van der Waals surface area contributed by atoms with Gasteiger partial charge in [-0.15, -0.1) is 0 Å². The molecule has 3 rings (SSSR count). The number of carboxylic acid groups (broad SMARTS) is 1. The second kappa shape index (κ2) is 8.09. The van der Waals surface area contributed by atoms with E-state index < -0.39 is 11.9 Å². The predicted molar refractivity (Wildman–Crippen MR) is 101 cm³/mol. The SMILES string of the molecule is CC(Cc1cccc(F)c1)C(=O)N1C[C@@H](C(=O)O)[C@H](c2ccc(Cl)cc2)C1. The van der Waals surface area contributed by atoms with E-state index in [-0.39, 0.29) is 30.1 Å². The Kier molecular flexibility index (Phi) is 5.80. The lowest BCUT2D eigenvalue weighted by atomic mass is 9.89. The van der Waals surface area contributed by atoms with Gasteiger partial charge in [-0.25, -0.2) is 4.39 Å². The van der Waals surface area contributed by atoms with Crippen molar-refractivity contribution in [1.82, 2.24) is 4.90 Å². The van der Waals surface area contributed by atoms with E-state index in [4.69, 9.17) is 11.6 Å². The van der Waals surface area contributed by atoms with Gasteiger partial charge in [-0.3, -0.25) is 9.59 Å². The van der Waals surface area contributed by atoms with Gasteiger partial charge in [-0.1, -0.05) is 42.8 Å². The molecule has 2 aromatic carbocycles. The van der Waals surface area contributed by atoms with Gasteiger partial charge < -0.3 is 10.0 Å². The Labute approximate surface area is 162 Å². The van der Waals surface area contributed by atoms with Crippen LogP contribution in [0.1, 0.15) is 24.0 Å². The summed E-state index contributed by atoms with van der Waals surface area (Å²) >= 11 is 5.92. The molecule has 0 aliphatic carbocycles. The largest absolute Gasteiger partial charge is 0.481 e. The number of hydrogen-bond donors (Lipinski definition) is 1. The maximum atomic E-state index is 13.4. The first kappa shape index (κ1) is 19.4. The van der Waals surface area contributed by atoms with Crippen molar-refractivity contribution in [2.24, 2.45) is 11.8 Å². The molecule has 1 amide bonds. The average Bonchev–Trinajstić information content (AvgIpc) is 3.07. The summed E-state index contributed by atoms with van der Waals surface area (Å²) < 4.78 is 13.4. The molecular weight excluding hydrogens is 369 g/mol. The topological polar surface area (TPSA) is 57.6 Å². The van der Waals surface area contributed by atoms with Gasteiger partial charge in [-0.05, 0) is 41.8 Å². The maximum absolute atomic E-state index is 13.4. The Morgan fingerprint density at radius 2 is 1.93 bits per heavy atom. The lowest BCUT2D eigenvalue weighted by molar-refractivity contribution is -0.142. The number of rotatable bonds is 5. The highest BCUT2D eigenvalue weighted by Gasteiger charge is 2.41. The monoisotopic (exact) mass is 389 g/mol. The van der Waals surface area contributed by atoms with Gasteiger partial charge in [0.2, 0.25) is 5.91 Å². The minimum absolute atomic E-state index is 0.109. The van der Waals surface area contributed by atoms with E-state index in [1.54, 1.807) is 36.1 Å². The number of likely N-dealkylation sites (tertiary alicyclic amines) is 1. The summed E-state index contributed by atoms with van der Waals surface area (Å²) in [5, 5.41) is 10.2. The Hall–Kier alpha value is -2.40. The zero-order valence-electron chi connectivity index (χ0n) is 14.9. The molecule has 142 valence electrons. The van der Waals surface area contributed by atoms with Gasteiger partial charge in [0.15, 0.2) is 0 Å². The molecule has 1 N–H and O–H groups in total. The number of aliphatic carboxylic acids is 1. The summed E-state index contributed by atoms with van der Waals surface area (Å²) in [5.41, 5.74) is 1.61. The highest BCUT2D eigenvalue weighted by atomic mass is 35.5. The van der Waals surface area contributed by atoms with Crippen LogP contribution in [0.5, 0.6) is 0 Å².